The summed E-state index contributed by atoms with van der Waals surface area (Å²) in [7, 11) is 1.54. The molecular weight excluding hydrogens is 422 g/mol. The molecule has 1 atom stereocenters. The van der Waals surface area contributed by atoms with Gasteiger partial charge in [-0.05, 0) is 60.0 Å². The average molecular weight is 450 g/mol. The number of ether oxygens (including phenoxy) is 1. The summed E-state index contributed by atoms with van der Waals surface area (Å²) in [6, 6.07) is 16.3. The van der Waals surface area contributed by atoms with Gasteiger partial charge in [-0.15, -0.1) is 11.3 Å². The number of fused-ring (bicyclic) bond motifs is 4. The highest BCUT2D eigenvalue weighted by Crippen LogP contribution is 2.37. The number of nitrogens with one attached hydrogen (secondary N) is 2. The first-order valence-electron chi connectivity index (χ1n) is 11.1. The molecule has 166 valence electrons. The van der Waals surface area contributed by atoms with Crippen molar-refractivity contribution in [3.05, 3.63) is 59.0 Å². The van der Waals surface area contributed by atoms with Crippen molar-refractivity contribution in [2.24, 2.45) is 5.92 Å². The Bertz CT molecular complexity index is 1150. The molecule has 3 fully saturated rings. The summed E-state index contributed by atoms with van der Waals surface area (Å²) in [5, 5.41) is 6.83. The van der Waals surface area contributed by atoms with E-state index in [0.717, 1.165) is 51.3 Å². The Labute approximate surface area is 191 Å². The van der Waals surface area contributed by atoms with E-state index in [4.69, 9.17) is 4.74 Å². The monoisotopic (exact) mass is 449 g/mol. The topological polar surface area (TPSA) is 70.7 Å². The number of hydrogen-bond donors (Lipinski definition) is 2. The Balaban J connectivity index is 1.42. The van der Waals surface area contributed by atoms with E-state index in [-0.39, 0.29) is 18.6 Å². The van der Waals surface area contributed by atoms with E-state index in [0.29, 0.717) is 5.92 Å². The Kier molecular flexibility index (Phi) is 5.85. The van der Waals surface area contributed by atoms with Crippen molar-refractivity contribution in [2.75, 3.05) is 26.7 Å². The molecule has 3 aliphatic rings. The molecule has 7 heteroatoms. The van der Waals surface area contributed by atoms with Crippen LogP contribution in [-0.4, -0.2) is 49.6 Å². The summed E-state index contributed by atoms with van der Waals surface area (Å²) in [6.07, 6.45) is 1.90. The first-order valence-corrected chi connectivity index (χ1v) is 11.9. The van der Waals surface area contributed by atoms with Crippen LogP contribution in [0.2, 0.25) is 0 Å². The van der Waals surface area contributed by atoms with Gasteiger partial charge < -0.3 is 20.3 Å². The van der Waals surface area contributed by atoms with Gasteiger partial charge in [-0.25, -0.2) is 4.79 Å². The fraction of sp³-hybridized carbons (Fsp3) is 0.360. The molecular formula is C25H27N3O3S. The van der Waals surface area contributed by atoms with E-state index in [1.807, 2.05) is 42.5 Å². The lowest BCUT2D eigenvalue weighted by Crippen LogP contribution is -2.57. The third-order valence-corrected chi connectivity index (χ3v) is 7.79. The third kappa shape index (κ3) is 4.10. The van der Waals surface area contributed by atoms with E-state index < -0.39 is 6.09 Å². The normalized spacial score (nSPS) is 22.0. The number of thiophene rings is 1. The zero-order valence-corrected chi connectivity index (χ0v) is 18.9. The van der Waals surface area contributed by atoms with Crippen LogP contribution in [0.3, 0.4) is 0 Å². The zero-order valence-electron chi connectivity index (χ0n) is 18.1. The first kappa shape index (κ1) is 21.0. The molecule has 2 amide bonds. The van der Waals surface area contributed by atoms with Gasteiger partial charge in [-0.3, -0.25) is 4.79 Å². The molecule has 1 aromatic heterocycles. The van der Waals surface area contributed by atoms with Crippen LogP contribution in [0.5, 0.6) is 0 Å². The SMILES string of the molecule is CNC(=O)OCc1ccccc1-c1cccc2cc(C(=O)NC3CN4CCC3CC4)sc12. The van der Waals surface area contributed by atoms with Gasteiger partial charge in [0.1, 0.15) is 6.61 Å². The smallest absolute Gasteiger partial charge is 0.407 e. The Hall–Kier alpha value is -2.90. The van der Waals surface area contributed by atoms with Crippen molar-refractivity contribution in [1.82, 2.24) is 15.5 Å². The number of alkyl carbamates (subject to hydrolysis) is 1. The van der Waals surface area contributed by atoms with Gasteiger partial charge in [-0.1, -0.05) is 42.5 Å². The quantitative estimate of drug-likeness (QED) is 0.611. The molecule has 0 spiro atoms. The van der Waals surface area contributed by atoms with E-state index in [1.165, 1.54) is 24.2 Å². The van der Waals surface area contributed by atoms with Crippen molar-refractivity contribution in [1.29, 1.82) is 0 Å². The van der Waals surface area contributed by atoms with E-state index in [1.54, 1.807) is 7.05 Å². The molecule has 6 rings (SSSR count). The van der Waals surface area contributed by atoms with Crippen LogP contribution >= 0.6 is 11.3 Å². The highest BCUT2D eigenvalue weighted by Gasteiger charge is 2.35. The summed E-state index contributed by atoms with van der Waals surface area (Å²) < 4.78 is 6.36. The van der Waals surface area contributed by atoms with Gasteiger partial charge >= 0.3 is 6.09 Å². The summed E-state index contributed by atoms with van der Waals surface area (Å²) in [5.41, 5.74) is 2.98. The van der Waals surface area contributed by atoms with Crippen LogP contribution < -0.4 is 10.6 Å². The first-order chi connectivity index (χ1) is 15.6. The number of benzene rings is 2. The Morgan fingerprint density at radius 2 is 1.88 bits per heavy atom. The lowest BCUT2D eigenvalue weighted by molar-refractivity contribution is 0.0622. The maximum atomic E-state index is 13.1. The molecule has 2 bridgehead atoms. The molecule has 32 heavy (non-hydrogen) atoms. The van der Waals surface area contributed by atoms with Crippen molar-refractivity contribution in [3.63, 3.8) is 0 Å². The minimum Gasteiger partial charge on any atom is -0.445 e. The van der Waals surface area contributed by atoms with Gasteiger partial charge in [0.2, 0.25) is 0 Å². The molecule has 0 saturated carbocycles. The zero-order chi connectivity index (χ0) is 22.1. The number of rotatable bonds is 5. The lowest BCUT2D eigenvalue weighted by Gasteiger charge is -2.44. The van der Waals surface area contributed by atoms with Gasteiger partial charge in [0.15, 0.2) is 0 Å². The van der Waals surface area contributed by atoms with Crippen LogP contribution in [0.15, 0.2) is 48.5 Å². The largest absolute Gasteiger partial charge is 0.445 e. The van der Waals surface area contributed by atoms with Gasteiger partial charge in [0.25, 0.3) is 5.91 Å². The number of piperidine rings is 3. The predicted octanol–water partition coefficient (Wildman–Crippen LogP) is 4.25. The molecule has 3 aromatic rings. The van der Waals surface area contributed by atoms with Crippen molar-refractivity contribution >= 4 is 33.4 Å². The number of hydrogen-bond acceptors (Lipinski definition) is 5. The lowest BCUT2D eigenvalue weighted by atomic mass is 9.84. The standard InChI is InChI=1S/C25H27N3O3S/c1-26-25(30)31-15-18-5-2-3-7-19(18)20-8-4-6-17-13-22(32-23(17)20)24(29)27-21-14-28-11-9-16(21)10-12-28/h2-8,13,16,21H,9-12,14-15H2,1H3,(H,26,30)(H,27,29). The van der Waals surface area contributed by atoms with Gasteiger partial charge in [-0.2, -0.15) is 0 Å². The minimum atomic E-state index is -0.458. The number of carbonyl (C=O) groups is 2. The van der Waals surface area contributed by atoms with Crippen molar-refractivity contribution in [3.8, 4) is 11.1 Å². The summed E-state index contributed by atoms with van der Waals surface area (Å²) in [4.78, 5) is 27.8. The van der Waals surface area contributed by atoms with Crippen LogP contribution in [0.4, 0.5) is 4.79 Å². The molecule has 0 radical (unpaired) electrons. The van der Waals surface area contributed by atoms with Crippen molar-refractivity contribution < 1.29 is 14.3 Å². The summed E-state index contributed by atoms with van der Waals surface area (Å²) in [5.74, 6) is 0.619. The van der Waals surface area contributed by atoms with Crippen LogP contribution in [0, 0.1) is 5.92 Å². The fourth-order valence-electron chi connectivity index (χ4n) is 4.88. The molecule has 0 aliphatic carbocycles. The average Bonchev–Trinajstić information content (AvgIpc) is 3.28. The molecule has 1 unspecified atom stereocenters. The maximum Gasteiger partial charge on any atom is 0.407 e. The molecule has 2 aromatic carbocycles. The van der Waals surface area contributed by atoms with Crippen molar-refractivity contribution in [2.45, 2.75) is 25.5 Å². The summed E-state index contributed by atoms with van der Waals surface area (Å²) >= 11 is 1.53. The third-order valence-electron chi connectivity index (χ3n) is 6.61. The van der Waals surface area contributed by atoms with Crippen LogP contribution in [0.1, 0.15) is 28.1 Å². The maximum absolute atomic E-state index is 13.1. The summed E-state index contributed by atoms with van der Waals surface area (Å²) in [6.45, 7) is 3.47. The van der Waals surface area contributed by atoms with Gasteiger partial charge in [0, 0.05) is 24.3 Å². The second-order valence-electron chi connectivity index (χ2n) is 8.54. The van der Waals surface area contributed by atoms with E-state index >= 15 is 0 Å². The molecule has 2 N–H and O–H groups in total. The highest BCUT2D eigenvalue weighted by molar-refractivity contribution is 7.21. The van der Waals surface area contributed by atoms with Crippen LogP contribution in [0.25, 0.3) is 21.2 Å². The minimum absolute atomic E-state index is 0.0205. The molecule has 6 nitrogen and oxygen atoms in total. The molecule has 3 saturated heterocycles. The van der Waals surface area contributed by atoms with Crippen LogP contribution in [-0.2, 0) is 11.3 Å². The second-order valence-corrected chi connectivity index (χ2v) is 9.59. The predicted molar refractivity (Wildman–Crippen MR) is 127 cm³/mol. The second kappa shape index (κ2) is 8.92. The van der Waals surface area contributed by atoms with E-state index in [9.17, 15) is 9.59 Å². The van der Waals surface area contributed by atoms with E-state index in [2.05, 4.69) is 21.6 Å². The Morgan fingerprint density at radius 3 is 2.62 bits per heavy atom. The number of amides is 2. The number of nitrogens with zero attached hydrogens (tertiary/aromatic N) is 1. The molecule has 4 heterocycles. The number of carbonyl (C=O) groups excluding carboxylic acids is 2. The highest BCUT2D eigenvalue weighted by atomic mass is 32.1. The molecule has 3 aliphatic heterocycles. The van der Waals surface area contributed by atoms with Gasteiger partial charge in [0.05, 0.1) is 4.88 Å². The Morgan fingerprint density at radius 1 is 1.09 bits per heavy atom. The fourth-order valence-corrected chi connectivity index (χ4v) is 5.97.